The Morgan fingerprint density at radius 2 is 1.73 bits per heavy atom. The summed E-state index contributed by atoms with van der Waals surface area (Å²) in [7, 11) is -2.90. The molecule has 0 aromatic heterocycles. The van der Waals surface area contributed by atoms with Crippen LogP contribution in [-0.2, 0) is 9.84 Å². The van der Waals surface area contributed by atoms with E-state index in [9.17, 15) is 13.2 Å². The Labute approximate surface area is 89.5 Å². The predicted molar refractivity (Wildman–Crippen MR) is 56.4 cm³/mol. The van der Waals surface area contributed by atoms with E-state index in [1.165, 1.54) is 6.42 Å². The molecule has 1 aliphatic carbocycles. The molecule has 2 amide bonds. The first-order chi connectivity index (χ1) is 7.05. The summed E-state index contributed by atoms with van der Waals surface area (Å²) in [6, 6.07) is -0.125. The molecule has 2 fully saturated rings. The maximum absolute atomic E-state index is 11.4. The van der Waals surface area contributed by atoms with Crippen LogP contribution in [0.15, 0.2) is 0 Å². The Morgan fingerprint density at radius 3 is 2.20 bits per heavy atom. The van der Waals surface area contributed by atoms with Crippen molar-refractivity contribution in [3.05, 3.63) is 0 Å². The van der Waals surface area contributed by atoms with Gasteiger partial charge in [-0.3, -0.25) is 0 Å². The molecule has 1 aliphatic heterocycles. The second kappa shape index (κ2) is 4.00. The lowest BCUT2D eigenvalue weighted by Crippen LogP contribution is -2.48. The van der Waals surface area contributed by atoms with E-state index in [0.29, 0.717) is 12.5 Å². The Hall–Kier alpha value is -0.780. The summed E-state index contributed by atoms with van der Waals surface area (Å²) in [6.45, 7) is 0. The summed E-state index contributed by atoms with van der Waals surface area (Å²) in [6.07, 6.45) is 3.79. The normalized spacial score (nSPS) is 29.5. The molecule has 86 valence electrons. The summed E-state index contributed by atoms with van der Waals surface area (Å²) in [5.74, 6) is 0.284. The van der Waals surface area contributed by atoms with Gasteiger partial charge in [0.15, 0.2) is 9.84 Å². The van der Waals surface area contributed by atoms with Gasteiger partial charge in [-0.05, 0) is 25.7 Å². The summed E-state index contributed by atoms with van der Waals surface area (Å²) in [5.41, 5.74) is 0. The van der Waals surface area contributed by atoms with E-state index < -0.39 is 9.84 Å². The number of hydrogen-bond donors (Lipinski definition) is 2. The van der Waals surface area contributed by atoms with Crippen molar-refractivity contribution in [2.75, 3.05) is 11.5 Å². The van der Waals surface area contributed by atoms with E-state index in [0.717, 1.165) is 12.8 Å². The molecular formula is C9H16N2O3S. The number of carbonyl (C=O) groups excluding carboxylic acids is 1. The lowest BCUT2D eigenvalue weighted by molar-refractivity contribution is 0.225. The molecule has 0 bridgehead atoms. The number of nitrogens with one attached hydrogen (secondary N) is 2. The number of rotatable bonds is 2. The van der Waals surface area contributed by atoms with Gasteiger partial charge in [-0.2, -0.15) is 0 Å². The van der Waals surface area contributed by atoms with E-state index in [1.54, 1.807) is 0 Å². The predicted octanol–water partition coefficient (Wildman–Crippen LogP) is 0.0252. The zero-order valence-electron chi connectivity index (χ0n) is 8.53. The van der Waals surface area contributed by atoms with Crippen LogP contribution in [0.2, 0.25) is 0 Å². The van der Waals surface area contributed by atoms with Crippen LogP contribution in [0.3, 0.4) is 0 Å². The zero-order chi connectivity index (χ0) is 10.9. The van der Waals surface area contributed by atoms with Gasteiger partial charge < -0.3 is 10.6 Å². The standard InChI is InChI=1S/C9H16N2O3S/c12-9(10-7-2-1-3-7)11-8-4-5-15(13,14)6-8/h7-8H,1-6H2,(H2,10,11,12). The van der Waals surface area contributed by atoms with Crippen molar-refractivity contribution >= 4 is 15.9 Å². The Balaban J connectivity index is 1.74. The SMILES string of the molecule is O=C(NC1CCC1)NC1CCS(=O)(=O)C1. The van der Waals surface area contributed by atoms with Crippen molar-refractivity contribution in [3.63, 3.8) is 0 Å². The molecule has 1 saturated carbocycles. The smallest absolute Gasteiger partial charge is 0.315 e. The third kappa shape index (κ3) is 2.84. The fourth-order valence-corrected chi connectivity index (χ4v) is 3.55. The monoisotopic (exact) mass is 232 g/mol. The maximum Gasteiger partial charge on any atom is 0.315 e. The molecule has 6 heteroatoms. The van der Waals surface area contributed by atoms with Crippen LogP contribution >= 0.6 is 0 Å². The number of urea groups is 1. The van der Waals surface area contributed by atoms with E-state index in [4.69, 9.17) is 0 Å². The molecule has 0 aromatic rings. The molecule has 1 unspecified atom stereocenters. The van der Waals surface area contributed by atoms with Gasteiger partial charge in [0.1, 0.15) is 0 Å². The minimum atomic E-state index is -2.90. The Morgan fingerprint density at radius 1 is 1.07 bits per heavy atom. The van der Waals surface area contributed by atoms with Gasteiger partial charge >= 0.3 is 6.03 Å². The maximum atomic E-state index is 11.4. The summed E-state index contributed by atoms with van der Waals surface area (Å²) >= 11 is 0. The summed E-state index contributed by atoms with van der Waals surface area (Å²) < 4.78 is 22.3. The van der Waals surface area contributed by atoms with Crippen molar-refractivity contribution in [2.24, 2.45) is 0 Å². The van der Waals surface area contributed by atoms with Gasteiger partial charge in [-0.25, -0.2) is 13.2 Å². The highest BCUT2D eigenvalue weighted by atomic mass is 32.2. The topological polar surface area (TPSA) is 75.3 Å². The van der Waals surface area contributed by atoms with Gasteiger partial charge in [-0.15, -0.1) is 0 Å². The molecule has 2 rings (SSSR count). The van der Waals surface area contributed by atoms with E-state index in [-0.39, 0.29) is 23.6 Å². The van der Waals surface area contributed by atoms with Crippen LogP contribution in [0.5, 0.6) is 0 Å². The molecule has 15 heavy (non-hydrogen) atoms. The highest BCUT2D eigenvalue weighted by Gasteiger charge is 2.29. The van der Waals surface area contributed by atoms with E-state index >= 15 is 0 Å². The molecule has 0 aromatic carbocycles. The second-order valence-electron chi connectivity index (χ2n) is 4.35. The first kappa shape index (κ1) is 10.7. The molecule has 5 nitrogen and oxygen atoms in total. The van der Waals surface area contributed by atoms with Crippen LogP contribution in [0, 0.1) is 0 Å². The molecule has 0 radical (unpaired) electrons. The number of amides is 2. The fourth-order valence-electron chi connectivity index (χ4n) is 1.87. The quantitative estimate of drug-likeness (QED) is 0.705. The molecule has 1 heterocycles. The second-order valence-corrected chi connectivity index (χ2v) is 6.57. The molecular weight excluding hydrogens is 216 g/mol. The van der Waals surface area contributed by atoms with Crippen LogP contribution < -0.4 is 10.6 Å². The summed E-state index contributed by atoms with van der Waals surface area (Å²) in [4.78, 5) is 11.4. The number of carbonyl (C=O) groups is 1. The van der Waals surface area contributed by atoms with Gasteiger partial charge in [0.05, 0.1) is 11.5 Å². The van der Waals surface area contributed by atoms with Crippen LogP contribution in [0.25, 0.3) is 0 Å². The first-order valence-electron chi connectivity index (χ1n) is 5.33. The third-order valence-electron chi connectivity index (χ3n) is 3.01. The van der Waals surface area contributed by atoms with Crippen molar-refractivity contribution in [2.45, 2.75) is 37.8 Å². The van der Waals surface area contributed by atoms with Crippen molar-refractivity contribution in [1.82, 2.24) is 10.6 Å². The molecule has 2 N–H and O–H groups in total. The minimum Gasteiger partial charge on any atom is -0.335 e. The largest absolute Gasteiger partial charge is 0.335 e. The Kier molecular flexibility index (Phi) is 2.86. The first-order valence-corrected chi connectivity index (χ1v) is 7.15. The van der Waals surface area contributed by atoms with Gasteiger partial charge in [0.25, 0.3) is 0 Å². The highest BCUT2D eigenvalue weighted by Crippen LogP contribution is 2.18. The average molecular weight is 232 g/mol. The van der Waals surface area contributed by atoms with Crippen LogP contribution in [0.4, 0.5) is 4.79 Å². The fraction of sp³-hybridized carbons (Fsp3) is 0.889. The molecule has 1 saturated heterocycles. The molecule has 2 aliphatic rings. The van der Waals surface area contributed by atoms with Crippen LogP contribution in [-0.4, -0.2) is 38.0 Å². The van der Waals surface area contributed by atoms with Gasteiger partial charge in [-0.1, -0.05) is 0 Å². The van der Waals surface area contributed by atoms with Gasteiger partial charge in [0.2, 0.25) is 0 Å². The molecule has 0 spiro atoms. The van der Waals surface area contributed by atoms with E-state index in [1.807, 2.05) is 0 Å². The zero-order valence-corrected chi connectivity index (χ0v) is 9.35. The minimum absolute atomic E-state index is 0.0884. The highest BCUT2D eigenvalue weighted by molar-refractivity contribution is 7.91. The van der Waals surface area contributed by atoms with Crippen molar-refractivity contribution in [1.29, 1.82) is 0 Å². The van der Waals surface area contributed by atoms with Crippen molar-refractivity contribution in [3.8, 4) is 0 Å². The number of hydrogen-bond acceptors (Lipinski definition) is 3. The Bertz CT molecular complexity index is 348. The van der Waals surface area contributed by atoms with Gasteiger partial charge in [0, 0.05) is 12.1 Å². The average Bonchev–Trinajstić information content (AvgIpc) is 2.38. The third-order valence-corrected chi connectivity index (χ3v) is 4.78. The number of sulfone groups is 1. The van der Waals surface area contributed by atoms with E-state index in [2.05, 4.69) is 10.6 Å². The lowest BCUT2D eigenvalue weighted by atomic mass is 9.93. The van der Waals surface area contributed by atoms with Crippen LogP contribution in [0.1, 0.15) is 25.7 Å². The summed E-state index contributed by atoms with van der Waals surface area (Å²) in [5, 5.41) is 5.53. The van der Waals surface area contributed by atoms with Crippen molar-refractivity contribution < 1.29 is 13.2 Å². The lowest BCUT2D eigenvalue weighted by Gasteiger charge is -2.27. The molecule has 1 atom stereocenters.